The first-order valence-corrected chi connectivity index (χ1v) is 12.3. The van der Waals surface area contributed by atoms with E-state index in [1.165, 1.54) is 23.0 Å². The van der Waals surface area contributed by atoms with Gasteiger partial charge in [-0.25, -0.2) is 18.4 Å². The minimum absolute atomic E-state index is 0.0252. The zero-order valence-electron chi connectivity index (χ0n) is 19.4. The van der Waals surface area contributed by atoms with Gasteiger partial charge in [0.1, 0.15) is 26.8 Å². The maximum atomic E-state index is 13.7. The third kappa shape index (κ3) is 4.93. The molecule has 0 radical (unpaired) electrons. The standard InChI is InChI=1S/C26H18ClF2N5O3S/c27-16-8-4-5-9-19(16)37-13-34-18(10-11-31-34)25(36)33-21-20-15(14-6-2-1-3-7-14)12-17(23(28)29)32-26(20)38-22(21)24(30)35/h1-12,23H,13H2,(H2,30,35)(H,33,36). The number of nitrogens with two attached hydrogens (primary N) is 1. The fraction of sp³-hybridized carbons (Fsp3) is 0.0769. The fourth-order valence-corrected chi connectivity index (χ4v) is 5.07. The monoisotopic (exact) mass is 553 g/mol. The highest BCUT2D eigenvalue weighted by molar-refractivity contribution is 7.21. The van der Waals surface area contributed by atoms with Gasteiger partial charge in [0.25, 0.3) is 18.2 Å². The van der Waals surface area contributed by atoms with Crippen molar-refractivity contribution in [1.82, 2.24) is 14.8 Å². The number of para-hydroxylation sites is 1. The molecule has 5 rings (SSSR count). The summed E-state index contributed by atoms with van der Waals surface area (Å²) in [6.07, 6.45) is -1.43. The van der Waals surface area contributed by atoms with E-state index in [0.29, 0.717) is 27.3 Å². The number of carbonyl (C=O) groups is 2. The molecule has 0 fully saturated rings. The number of carbonyl (C=O) groups excluding carboxylic acids is 2. The molecular weight excluding hydrogens is 536 g/mol. The molecule has 0 saturated carbocycles. The second-order valence-corrected chi connectivity index (χ2v) is 9.39. The third-order valence-corrected chi connectivity index (χ3v) is 6.99. The average Bonchev–Trinajstić information content (AvgIpc) is 3.53. The highest BCUT2D eigenvalue weighted by Gasteiger charge is 2.26. The molecule has 3 aromatic heterocycles. The number of rotatable bonds is 8. The van der Waals surface area contributed by atoms with Gasteiger partial charge in [-0.1, -0.05) is 54.1 Å². The Bertz CT molecular complexity index is 1660. The van der Waals surface area contributed by atoms with Crippen LogP contribution in [0, 0.1) is 0 Å². The van der Waals surface area contributed by atoms with Crippen LogP contribution in [-0.4, -0.2) is 26.6 Å². The Labute approximate surface area is 223 Å². The van der Waals surface area contributed by atoms with Gasteiger partial charge in [0.2, 0.25) is 0 Å². The lowest BCUT2D eigenvalue weighted by Gasteiger charge is -2.13. The molecule has 0 unspecified atom stereocenters. The molecule has 0 aliphatic rings. The highest BCUT2D eigenvalue weighted by Crippen LogP contribution is 2.42. The van der Waals surface area contributed by atoms with Crippen LogP contribution in [0.1, 0.15) is 32.3 Å². The van der Waals surface area contributed by atoms with E-state index in [2.05, 4.69) is 15.4 Å². The van der Waals surface area contributed by atoms with Crippen LogP contribution >= 0.6 is 22.9 Å². The van der Waals surface area contributed by atoms with E-state index in [0.717, 1.165) is 11.3 Å². The number of anilines is 1. The van der Waals surface area contributed by atoms with E-state index in [1.54, 1.807) is 54.6 Å². The number of hydrogen-bond acceptors (Lipinski definition) is 6. The second-order valence-electron chi connectivity index (χ2n) is 7.99. The number of nitrogens with zero attached hydrogens (tertiary/aromatic N) is 3. The van der Waals surface area contributed by atoms with Gasteiger partial charge in [-0.05, 0) is 35.4 Å². The van der Waals surface area contributed by atoms with Gasteiger partial charge in [0.05, 0.1) is 10.7 Å². The smallest absolute Gasteiger partial charge is 0.280 e. The van der Waals surface area contributed by atoms with Gasteiger partial charge in [-0.15, -0.1) is 11.3 Å². The quantitative estimate of drug-likeness (QED) is 0.240. The van der Waals surface area contributed by atoms with Crippen LogP contribution in [0.5, 0.6) is 5.75 Å². The molecule has 12 heteroatoms. The molecule has 0 saturated heterocycles. The van der Waals surface area contributed by atoms with Crippen molar-refractivity contribution in [3.05, 3.63) is 94.2 Å². The number of nitrogens with one attached hydrogen (secondary N) is 1. The van der Waals surface area contributed by atoms with Crippen molar-refractivity contribution in [3.63, 3.8) is 0 Å². The largest absolute Gasteiger partial charge is 0.470 e. The molecular formula is C26H18ClF2N5O3S. The van der Waals surface area contributed by atoms with Crippen LogP contribution in [0.4, 0.5) is 14.5 Å². The van der Waals surface area contributed by atoms with E-state index in [9.17, 15) is 18.4 Å². The number of ether oxygens (including phenoxy) is 1. The molecule has 0 atom stereocenters. The molecule has 0 aliphatic carbocycles. The molecule has 192 valence electrons. The zero-order valence-corrected chi connectivity index (χ0v) is 21.0. The van der Waals surface area contributed by atoms with Gasteiger partial charge in [0, 0.05) is 11.6 Å². The Morgan fingerprint density at radius 2 is 1.84 bits per heavy atom. The lowest BCUT2D eigenvalue weighted by Crippen LogP contribution is -2.21. The summed E-state index contributed by atoms with van der Waals surface area (Å²) in [5.41, 5.74) is 6.32. The summed E-state index contributed by atoms with van der Waals surface area (Å²) in [5, 5.41) is 7.58. The minimum atomic E-state index is -2.84. The summed E-state index contributed by atoms with van der Waals surface area (Å²) in [4.78, 5) is 29.9. The van der Waals surface area contributed by atoms with Gasteiger partial charge in [0.15, 0.2) is 6.73 Å². The Kier molecular flexibility index (Phi) is 7.03. The molecule has 8 nitrogen and oxygen atoms in total. The van der Waals surface area contributed by atoms with Crippen molar-refractivity contribution in [2.75, 3.05) is 5.32 Å². The van der Waals surface area contributed by atoms with Gasteiger partial charge >= 0.3 is 0 Å². The van der Waals surface area contributed by atoms with E-state index >= 15 is 0 Å². The van der Waals surface area contributed by atoms with Crippen molar-refractivity contribution in [1.29, 1.82) is 0 Å². The highest BCUT2D eigenvalue weighted by atomic mass is 35.5. The van der Waals surface area contributed by atoms with Gasteiger partial charge < -0.3 is 15.8 Å². The number of amides is 2. The van der Waals surface area contributed by atoms with Crippen molar-refractivity contribution in [2.24, 2.45) is 5.73 Å². The Morgan fingerprint density at radius 1 is 1.11 bits per heavy atom. The first-order valence-electron chi connectivity index (χ1n) is 11.1. The van der Waals surface area contributed by atoms with Crippen LogP contribution in [0.15, 0.2) is 72.9 Å². The van der Waals surface area contributed by atoms with Crippen LogP contribution in [0.25, 0.3) is 21.3 Å². The lowest BCUT2D eigenvalue weighted by molar-refractivity contribution is 0.100. The Balaban J connectivity index is 1.55. The summed E-state index contributed by atoms with van der Waals surface area (Å²) in [6, 6.07) is 18.3. The van der Waals surface area contributed by atoms with Gasteiger partial charge in [-0.3, -0.25) is 9.59 Å². The summed E-state index contributed by atoms with van der Waals surface area (Å²) >= 11 is 6.96. The fourth-order valence-electron chi connectivity index (χ4n) is 3.87. The molecule has 0 bridgehead atoms. The maximum absolute atomic E-state index is 13.7. The van der Waals surface area contributed by atoms with Crippen molar-refractivity contribution in [2.45, 2.75) is 13.2 Å². The number of fused-ring (bicyclic) bond motifs is 1. The summed E-state index contributed by atoms with van der Waals surface area (Å²) in [7, 11) is 0. The van der Waals surface area contributed by atoms with Crippen LogP contribution in [-0.2, 0) is 6.73 Å². The predicted molar refractivity (Wildman–Crippen MR) is 141 cm³/mol. The SMILES string of the molecule is NC(=O)c1sc2nc(C(F)F)cc(-c3ccccc3)c2c1NC(=O)c1ccnn1COc1ccccc1Cl. The molecule has 0 aliphatic heterocycles. The summed E-state index contributed by atoms with van der Waals surface area (Å²) in [5.74, 6) is -1.05. The number of thiophene rings is 1. The lowest BCUT2D eigenvalue weighted by atomic mass is 10.0. The molecule has 2 aromatic carbocycles. The predicted octanol–water partition coefficient (Wildman–Crippen LogP) is 6.14. The van der Waals surface area contributed by atoms with E-state index in [1.807, 2.05) is 0 Å². The average molecular weight is 554 g/mol. The minimum Gasteiger partial charge on any atom is -0.470 e. The molecule has 2 amide bonds. The van der Waals surface area contributed by atoms with Crippen LogP contribution in [0.2, 0.25) is 5.02 Å². The summed E-state index contributed by atoms with van der Waals surface area (Å²) in [6.45, 7) is -0.124. The molecule has 5 aromatic rings. The molecule has 3 heterocycles. The topological polar surface area (TPSA) is 112 Å². The van der Waals surface area contributed by atoms with E-state index < -0.39 is 23.9 Å². The number of alkyl halides is 2. The number of hydrogen-bond donors (Lipinski definition) is 2. The zero-order chi connectivity index (χ0) is 26.8. The van der Waals surface area contributed by atoms with E-state index in [-0.39, 0.29) is 27.8 Å². The van der Waals surface area contributed by atoms with E-state index in [4.69, 9.17) is 22.1 Å². The Hall–Kier alpha value is -4.35. The van der Waals surface area contributed by atoms with Crippen LogP contribution in [0.3, 0.4) is 0 Å². The Morgan fingerprint density at radius 3 is 2.55 bits per heavy atom. The van der Waals surface area contributed by atoms with Crippen molar-refractivity contribution >= 4 is 50.7 Å². The number of benzene rings is 2. The number of pyridine rings is 1. The third-order valence-electron chi connectivity index (χ3n) is 5.58. The van der Waals surface area contributed by atoms with Crippen molar-refractivity contribution < 1.29 is 23.1 Å². The summed E-state index contributed by atoms with van der Waals surface area (Å²) < 4.78 is 34.3. The molecule has 3 N–H and O–H groups in total. The first-order chi connectivity index (χ1) is 18.3. The first kappa shape index (κ1) is 25.3. The molecule has 0 spiro atoms. The number of halogens is 3. The normalized spacial score (nSPS) is 11.2. The van der Waals surface area contributed by atoms with Gasteiger partial charge in [-0.2, -0.15) is 5.10 Å². The molecule has 38 heavy (non-hydrogen) atoms. The van der Waals surface area contributed by atoms with Crippen molar-refractivity contribution in [3.8, 4) is 16.9 Å². The maximum Gasteiger partial charge on any atom is 0.280 e. The van der Waals surface area contributed by atoms with Crippen LogP contribution < -0.4 is 15.8 Å². The number of aromatic nitrogens is 3. The second kappa shape index (κ2) is 10.6. The number of primary amides is 1.